The predicted octanol–water partition coefficient (Wildman–Crippen LogP) is 4.10. The number of alkyl halides is 3. The Morgan fingerprint density at radius 2 is 1.81 bits per heavy atom. The summed E-state index contributed by atoms with van der Waals surface area (Å²) in [5.74, 6) is 0.143. The van der Waals surface area contributed by atoms with Crippen molar-refractivity contribution in [3.8, 4) is 0 Å². The van der Waals surface area contributed by atoms with Crippen LogP contribution in [0.25, 0.3) is 0 Å². The zero-order chi connectivity index (χ0) is 22.3. The van der Waals surface area contributed by atoms with Crippen LogP contribution in [-0.4, -0.2) is 52.9 Å². The fourth-order valence-electron chi connectivity index (χ4n) is 4.37. The zero-order valence-corrected chi connectivity index (χ0v) is 17.1. The SMILES string of the molecule is O=C(c1cnn2c1N[C@@H](c1ccco1)C[C@@H]2C(F)(F)F)N1CCN(c2ccccc2)CC1. The van der Waals surface area contributed by atoms with Crippen molar-refractivity contribution in [1.82, 2.24) is 14.7 Å². The molecule has 7 nitrogen and oxygen atoms in total. The number of aromatic nitrogens is 2. The summed E-state index contributed by atoms with van der Waals surface area (Å²) in [5, 5.41) is 7.00. The maximum atomic E-state index is 13.8. The van der Waals surface area contributed by atoms with E-state index in [2.05, 4.69) is 15.3 Å². The Balaban J connectivity index is 1.38. The molecule has 2 atom stereocenters. The van der Waals surface area contributed by atoms with Crippen molar-refractivity contribution >= 4 is 17.4 Å². The molecular weight excluding hydrogens is 423 g/mol. The Bertz CT molecular complexity index is 1070. The number of para-hydroxylation sites is 1. The highest BCUT2D eigenvalue weighted by Crippen LogP contribution is 2.44. The second-order valence-electron chi connectivity index (χ2n) is 7.97. The van der Waals surface area contributed by atoms with Crippen LogP contribution in [0.5, 0.6) is 0 Å². The van der Waals surface area contributed by atoms with E-state index in [0.717, 1.165) is 10.4 Å². The van der Waals surface area contributed by atoms with Gasteiger partial charge in [-0.1, -0.05) is 18.2 Å². The average molecular weight is 445 g/mol. The molecule has 1 saturated heterocycles. The number of halogens is 3. The Morgan fingerprint density at radius 3 is 2.47 bits per heavy atom. The van der Waals surface area contributed by atoms with Gasteiger partial charge in [0, 0.05) is 38.3 Å². The Morgan fingerprint density at radius 1 is 1.06 bits per heavy atom. The van der Waals surface area contributed by atoms with E-state index in [1.165, 1.54) is 12.5 Å². The lowest BCUT2D eigenvalue weighted by Gasteiger charge is -2.36. The smallest absolute Gasteiger partial charge is 0.410 e. The first-order chi connectivity index (χ1) is 15.4. The summed E-state index contributed by atoms with van der Waals surface area (Å²) >= 11 is 0. The van der Waals surface area contributed by atoms with E-state index < -0.39 is 18.3 Å². The highest BCUT2D eigenvalue weighted by atomic mass is 19.4. The van der Waals surface area contributed by atoms with Gasteiger partial charge in [0.2, 0.25) is 0 Å². The molecule has 0 saturated carbocycles. The van der Waals surface area contributed by atoms with Gasteiger partial charge in [-0.25, -0.2) is 4.68 Å². The Hall–Kier alpha value is -3.43. The molecule has 32 heavy (non-hydrogen) atoms. The number of carbonyl (C=O) groups excluding carboxylic acids is 1. The van der Waals surface area contributed by atoms with E-state index >= 15 is 0 Å². The van der Waals surface area contributed by atoms with Crippen molar-refractivity contribution in [3.63, 3.8) is 0 Å². The molecule has 0 bridgehead atoms. The predicted molar refractivity (Wildman–Crippen MR) is 112 cm³/mol. The second kappa shape index (κ2) is 7.92. The number of anilines is 2. The van der Waals surface area contributed by atoms with Crippen molar-refractivity contribution in [3.05, 3.63) is 66.2 Å². The summed E-state index contributed by atoms with van der Waals surface area (Å²) in [6.07, 6.45) is -2.12. The zero-order valence-electron chi connectivity index (χ0n) is 17.1. The minimum absolute atomic E-state index is 0.0791. The topological polar surface area (TPSA) is 66.5 Å². The van der Waals surface area contributed by atoms with E-state index in [1.54, 1.807) is 17.0 Å². The molecule has 0 unspecified atom stereocenters. The van der Waals surface area contributed by atoms with Crippen LogP contribution in [0.3, 0.4) is 0 Å². The molecule has 2 aliphatic rings. The lowest BCUT2D eigenvalue weighted by molar-refractivity contribution is -0.174. The molecule has 0 aliphatic carbocycles. The number of piperazine rings is 1. The molecule has 168 valence electrons. The summed E-state index contributed by atoms with van der Waals surface area (Å²) < 4.78 is 47.6. The monoisotopic (exact) mass is 445 g/mol. The largest absolute Gasteiger partial charge is 0.467 e. The van der Waals surface area contributed by atoms with Crippen molar-refractivity contribution in [2.24, 2.45) is 0 Å². The summed E-state index contributed by atoms with van der Waals surface area (Å²) in [6.45, 7) is 2.24. The molecule has 3 aromatic rings. The molecule has 1 amide bonds. The first kappa shape index (κ1) is 20.5. The Kier molecular flexibility index (Phi) is 5.07. The Labute approximate surface area is 182 Å². The van der Waals surface area contributed by atoms with Crippen LogP contribution in [0, 0.1) is 0 Å². The molecule has 4 heterocycles. The number of rotatable bonds is 3. The van der Waals surface area contributed by atoms with Crippen molar-refractivity contribution < 1.29 is 22.4 Å². The summed E-state index contributed by atoms with van der Waals surface area (Å²) in [7, 11) is 0. The third-order valence-corrected chi connectivity index (χ3v) is 6.04. The molecule has 1 N–H and O–H groups in total. The van der Waals surface area contributed by atoms with Crippen LogP contribution in [-0.2, 0) is 0 Å². The molecule has 5 rings (SSSR count). The van der Waals surface area contributed by atoms with Crippen molar-refractivity contribution in [1.29, 1.82) is 0 Å². The number of carbonyl (C=O) groups is 1. The molecule has 0 radical (unpaired) electrons. The van der Waals surface area contributed by atoms with Crippen LogP contribution < -0.4 is 10.2 Å². The fraction of sp³-hybridized carbons (Fsp3) is 0.364. The van der Waals surface area contributed by atoms with Gasteiger partial charge < -0.3 is 19.5 Å². The van der Waals surface area contributed by atoms with Crippen LogP contribution >= 0.6 is 0 Å². The maximum Gasteiger partial charge on any atom is 0.410 e. The number of amides is 1. The highest BCUT2D eigenvalue weighted by Gasteiger charge is 2.48. The highest BCUT2D eigenvalue weighted by molar-refractivity contribution is 5.99. The summed E-state index contributed by atoms with van der Waals surface area (Å²) in [5.41, 5.74) is 1.22. The number of nitrogens with zero attached hydrogens (tertiary/aromatic N) is 4. The van der Waals surface area contributed by atoms with Gasteiger partial charge in [-0.05, 0) is 24.3 Å². The first-order valence-corrected chi connectivity index (χ1v) is 10.5. The lowest BCUT2D eigenvalue weighted by atomic mass is 10.0. The van der Waals surface area contributed by atoms with Crippen LogP contribution in [0.15, 0.2) is 59.3 Å². The minimum Gasteiger partial charge on any atom is -0.467 e. The molecule has 10 heteroatoms. The van der Waals surface area contributed by atoms with Gasteiger partial charge >= 0.3 is 6.18 Å². The van der Waals surface area contributed by atoms with Gasteiger partial charge in [-0.15, -0.1) is 0 Å². The fourth-order valence-corrected chi connectivity index (χ4v) is 4.37. The summed E-state index contributed by atoms with van der Waals surface area (Å²) in [6, 6.07) is 10.6. The van der Waals surface area contributed by atoms with Gasteiger partial charge in [-0.3, -0.25) is 4.79 Å². The first-order valence-electron chi connectivity index (χ1n) is 10.5. The van der Waals surface area contributed by atoms with Gasteiger partial charge in [0.05, 0.1) is 18.5 Å². The van der Waals surface area contributed by atoms with E-state index in [0.29, 0.717) is 31.9 Å². The number of furan rings is 1. The number of benzene rings is 1. The molecule has 2 aromatic heterocycles. The number of hydrogen-bond donors (Lipinski definition) is 1. The van der Waals surface area contributed by atoms with Crippen LogP contribution in [0.2, 0.25) is 0 Å². The standard InChI is InChI=1S/C22H22F3N5O2/c23-22(24,25)19-13-17(18-7-4-12-32-18)27-20-16(14-26-30(19)20)21(31)29-10-8-28(9-11-29)15-5-2-1-3-6-15/h1-7,12,14,17,19,27H,8-11,13H2/t17-,19-/m1/s1. The van der Waals surface area contributed by atoms with Crippen molar-refractivity contribution in [2.45, 2.75) is 24.7 Å². The number of fused-ring (bicyclic) bond motifs is 1. The maximum absolute atomic E-state index is 13.8. The van der Waals surface area contributed by atoms with Gasteiger partial charge in [0.15, 0.2) is 6.04 Å². The third-order valence-electron chi connectivity index (χ3n) is 6.04. The normalized spacial score (nSPS) is 21.2. The third kappa shape index (κ3) is 3.69. The molecule has 1 aromatic carbocycles. The minimum atomic E-state index is -4.50. The van der Waals surface area contributed by atoms with Crippen LogP contribution in [0.1, 0.15) is 34.6 Å². The second-order valence-corrected chi connectivity index (χ2v) is 7.97. The van der Waals surface area contributed by atoms with E-state index in [4.69, 9.17) is 4.42 Å². The van der Waals surface area contributed by atoms with Crippen LogP contribution in [0.4, 0.5) is 24.7 Å². The number of hydrogen-bond acceptors (Lipinski definition) is 5. The molecule has 2 aliphatic heterocycles. The van der Waals surface area contributed by atoms with Crippen molar-refractivity contribution in [2.75, 3.05) is 36.4 Å². The lowest BCUT2D eigenvalue weighted by Crippen LogP contribution is -2.49. The molecular formula is C22H22F3N5O2. The van der Waals surface area contributed by atoms with Gasteiger partial charge in [-0.2, -0.15) is 18.3 Å². The van der Waals surface area contributed by atoms with E-state index in [-0.39, 0.29) is 23.7 Å². The molecule has 0 spiro atoms. The van der Waals surface area contributed by atoms with E-state index in [9.17, 15) is 18.0 Å². The average Bonchev–Trinajstić information content (AvgIpc) is 3.48. The quantitative estimate of drug-likeness (QED) is 0.658. The van der Waals surface area contributed by atoms with Gasteiger partial charge in [0.1, 0.15) is 17.1 Å². The van der Waals surface area contributed by atoms with E-state index in [1.807, 2.05) is 30.3 Å². The summed E-state index contributed by atoms with van der Waals surface area (Å²) in [4.78, 5) is 17.1. The van der Waals surface area contributed by atoms with Gasteiger partial charge in [0.25, 0.3) is 5.91 Å². The number of nitrogens with one attached hydrogen (secondary N) is 1. The molecule has 1 fully saturated rings.